The predicted octanol–water partition coefficient (Wildman–Crippen LogP) is 13.4. The molecule has 0 rings (SSSR count). The van der Waals surface area contributed by atoms with Crippen LogP contribution in [-0.4, -0.2) is 0 Å². The fourth-order valence-electron chi connectivity index (χ4n) is 6.12. The van der Waals surface area contributed by atoms with Crippen molar-refractivity contribution in [1.82, 2.24) is 0 Å². The van der Waals surface area contributed by atoms with Crippen molar-refractivity contribution in [1.29, 1.82) is 0 Å². The van der Waals surface area contributed by atoms with Crippen LogP contribution in [0.3, 0.4) is 0 Å². The van der Waals surface area contributed by atoms with Crippen molar-refractivity contribution in [3.63, 3.8) is 0 Å². The molecule has 0 heterocycles. The molecule has 6 atom stereocenters. The summed E-state index contributed by atoms with van der Waals surface area (Å²) in [6.45, 7) is 33.3. The summed E-state index contributed by atoms with van der Waals surface area (Å²) in [5.41, 5.74) is 0.963. The monoisotopic (exact) mass is 509 g/mol. The second-order valence-corrected chi connectivity index (χ2v) is 15.9. The van der Waals surface area contributed by atoms with Crippen molar-refractivity contribution in [2.45, 2.75) is 187 Å². The Morgan fingerprint density at radius 3 is 1.14 bits per heavy atom. The highest BCUT2D eigenvalue weighted by Crippen LogP contribution is 2.33. The van der Waals surface area contributed by atoms with Crippen LogP contribution in [0, 0.1) is 46.3 Å². The number of rotatable bonds is 18. The van der Waals surface area contributed by atoms with E-state index >= 15 is 0 Å². The molecule has 6 unspecified atom stereocenters. The lowest BCUT2D eigenvalue weighted by molar-refractivity contribution is 0.221. The van der Waals surface area contributed by atoms with Crippen LogP contribution >= 0.6 is 0 Å². The maximum atomic E-state index is 2.45. The van der Waals surface area contributed by atoms with Gasteiger partial charge in [0.1, 0.15) is 0 Å². The summed E-state index contributed by atoms with van der Waals surface area (Å²) in [5, 5.41) is 0. The van der Waals surface area contributed by atoms with Crippen LogP contribution in [0.25, 0.3) is 0 Å². The van der Waals surface area contributed by atoms with E-state index in [-0.39, 0.29) is 0 Å². The van der Waals surface area contributed by atoms with Crippen molar-refractivity contribution in [2.24, 2.45) is 46.3 Å². The van der Waals surface area contributed by atoms with E-state index in [1.54, 1.807) is 0 Å². The molecule has 0 aromatic rings. The van der Waals surface area contributed by atoms with E-state index in [2.05, 4.69) is 96.9 Å². The Hall–Kier alpha value is 0. The zero-order valence-corrected chi connectivity index (χ0v) is 28.4. The summed E-state index contributed by atoms with van der Waals surface area (Å²) in [6.07, 6.45) is 19.8. The quantitative estimate of drug-likeness (QED) is 0.161. The Morgan fingerprint density at radius 2 is 0.750 bits per heavy atom. The molecule has 36 heavy (non-hydrogen) atoms. The van der Waals surface area contributed by atoms with Crippen LogP contribution in [0.5, 0.6) is 0 Å². The van der Waals surface area contributed by atoms with E-state index in [9.17, 15) is 0 Å². The summed E-state index contributed by atoms with van der Waals surface area (Å²) in [6, 6.07) is 0. The lowest BCUT2D eigenvalue weighted by atomic mass is 9.77. The molecule has 0 amide bonds. The molecule has 0 aliphatic rings. The molecule has 220 valence electrons. The van der Waals surface area contributed by atoms with Crippen LogP contribution in [0.15, 0.2) is 0 Å². The summed E-state index contributed by atoms with van der Waals surface area (Å²) >= 11 is 0. The average Bonchev–Trinajstić information content (AvgIpc) is 2.72. The standard InChI is InChI=1S/2C18H38/c1-14(12-17(4,5)6)10-11-15(2)16(3)13-18(7,8)9;1-6-10-16(3)12-8-9-13-18(5)15-14-17(4)11-7-2/h14-16H,10-13H2,1-9H3;16-18H,6-15H2,1-5H3. The highest BCUT2D eigenvalue weighted by molar-refractivity contribution is 4.73. The molecule has 0 aromatic heterocycles. The van der Waals surface area contributed by atoms with E-state index in [0.717, 1.165) is 35.5 Å². The lowest BCUT2D eigenvalue weighted by Gasteiger charge is -2.29. The zero-order chi connectivity index (χ0) is 28.4. The fraction of sp³-hybridized carbons (Fsp3) is 1.00. The summed E-state index contributed by atoms with van der Waals surface area (Å²) in [7, 11) is 0. The molecule has 0 bridgehead atoms. The van der Waals surface area contributed by atoms with Gasteiger partial charge < -0.3 is 0 Å². The van der Waals surface area contributed by atoms with Gasteiger partial charge in [-0.3, -0.25) is 0 Å². The van der Waals surface area contributed by atoms with E-state index < -0.39 is 0 Å². The molecule has 0 radical (unpaired) electrons. The van der Waals surface area contributed by atoms with Gasteiger partial charge in [0.25, 0.3) is 0 Å². The predicted molar refractivity (Wildman–Crippen MR) is 170 cm³/mol. The molecule has 0 aromatic carbocycles. The van der Waals surface area contributed by atoms with Gasteiger partial charge in [-0.15, -0.1) is 0 Å². The first-order valence-electron chi connectivity index (χ1n) is 16.5. The topological polar surface area (TPSA) is 0 Å². The summed E-state index contributed by atoms with van der Waals surface area (Å²) in [5.74, 6) is 5.44. The van der Waals surface area contributed by atoms with Crippen molar-refractivity contribution in [2.75, 3.05) is 0 Å². The van der Waals surface area contributed by atoms with Gasteiger partial charge in [0.2, 0.25) is 0 Å². The molecule has 0 saturated carbocycles. The first-order chi connectivity index (χ1) is 16.5. The third-order valence-corrected chi connectivity index (χ3v) is 8.34. The van der Waals surface area contributed by atoms with Gasteiger partial charge >= 0.3 is 0 Å². The highest BCUT2D eigenvalue weighted by atomic mass is 14.3. The van der Waals surface area contributed by atoms with Gasteiger partial charge in [-0.1, -0.05) is 174 Å². The van der Waals surface area contributed by atoms with Gasteiger partial charge in [0, 0.05) is 0 Å². The molecule has 0 nitrogen and oxygen atoms in total. The first kappa shape index (κ1) is 38.1. The molecular weight excluding hydrogens is 432 g/mol. The van der Waals surface area contributed by atoms with E-state index in [1.807, 2.05) is 0 Å². The fourth-order valence-corrected chi connectivity index (χ4v) is 6.12. The largest absolute Gasteiger partial charge is 0.0654 e. The van der Waals surface area contributed by atoms with Gasteiger partial charge in [0.15, 0.2) is 0 Å². The molecular formula is C36H76. The Morgan fingerprint density at radius 1 is 0.389 bits per heavy atom. The van der Waals surface area contributed by atoms with Crippen LogP contribution in [0.2, 0.25) is 0 Å². The summed E-state index contributed by atoms with van der Waals surface area (Å²) in [4.78, 5) is 0. The number of unbranched alkanes of at least 4 members (excludes halogenated alkanes) is 1. The van der Waals surface area contributed by atoms with Gasteiger partial charge in [-0.05, 0) is 59.2 Å². The maximum Gasteiger partial charge on any atom is -0.0380 e. The number of hydrogen-bond donors (Lipinski definition) is 0. The van der Waals surface area contributed by atoms with E-state index in [4.69, 9.17) is 0 Å². The smallest absolute Gasteiger partial charge is 0.0380 e. The lowest BCUT2D eigenvalue weighted by Crippen LogP contribution is -2.18. The maximum absolute atomic E-state index is 2.45. The Bertz CT molecular complexity index is 461. The minimum absolute atomic E-state index is 0.477. The molecule has 0 heteroatoms. The van der Waals surface area contributed by atoms with Crippen molar-refractivity contribution in [3.05, 3.63) is 0 Å². The second-order valence-electron chi connectivity index (χ2n) is 15.9. The minimum Gasteiger partial charge on any atom is -0.0654 e. The van der Waals surface area contributed by atoms with Crippen molar-refractivity contribution in [3.8, 4) is 0 Å². The van der Waals surface area contributed by atoms with Crippen molar-refractivity contribution >= 4 is 0 Å². The molecule has 0 aliphatic heterocycles. The summed E-state index contributed by atoms with van der Waals surface area (Å²) < 4.78 is 0. The molecule has 0 aliphatic carbocycles. The second kappa shape index (κ2) is 20.9. The SMILES string of the molecule is CC(CCC(C)C(C)CC(C)(C)C)CC(C)(C)C.CCCC(C)CCCCC(C)CCC(C)CCC. The van der Waals surface area contributed by atoms with Crippen molar-refractivity contribution < 1.29 is 0 Å². The van der Waals surface area contributed by atoms with E-state index in [0.29, 0.717) is 10.8 Å². The zero-order valence-electron chi connectivity index (χ0n) is 28.4. The molecule has 0 fully saturated rings. The molecule has 0 saturated heterocycles. The first-order valence-corrected chi connectivity index (χ1v) is 16.5. The average molecular weight is 509 g/mol. The minimum atomic E-state index is 0.477. The van der Waals surface area contributed by atoms with Crippen LogP contribution in [0.1, 0.15) is 187 Å². The Labute approximate surface area is 233 Å². The number of hydrogen-bond acceptors (Lipinski definition) is 0. The Balaban J connectivity index is 0. The van der Waals surface area contributed by atoms with Gasteiger partial charge in [-0.25, -0.2) is 0 Å². The van der Waals surface area contributed by atoms with Crippen LogP contribution < -0.4 is 0 Å². The Kier molecular flexibility index (Phi) is 22.1. The van der Waals surface area contributed by atoms with Crippen LogP contribution in [0.4, 0.5) is 0 Å². The third-order valence-electron chi connectivity index (χ3n) is 8.34. The third kappa shape index (κ3) is 27.0. The molecule has 0 spiro atoms. The van der Waals surface area contributed by atoms with Crippen LogP contribution in [-0.2, 0) is 0 Å². The normalized spacial score (nSPS) is 17.5. The van der Waals surface area contributed by atoms with Gasteiger partial charge in [0.05, 0.1) is 0 Å². The van der Waals surface area contributed by atoms with Gasteiger partial charge in [-0.2, -0.15) is 0 Å². The highest BCUT2D eigenvalue weighted by Gasteiger charge is 2.21. The molecule has 0 N–H and O–H groups in total. The van der Waals surface area contributed by atoms with E-state index in [1.165, 1.54) is 89.9 Å².